The van der Waals surface area contributed by atoms with E-state index in [-0.39, 0.29) is 23.9 Å². The van der Waals surface area contributed by atoms with E-state index in [9.17, 15) is 10.1 Å². The van der Waals surface area contributed by atoms with Crippen LogP contribution in [-0.4, -0.2) is 96.8 Å². The molecule has 0 N–H and O–H groups in total. The molecule has 10 nitrogen and oxygen atoms in total. The minimum Gasteiger partial charge on any atom is -0.462 e. The fourth-order valence-corrected chi connectivity index (χ4v) is 7.86. The van der Waals surface area contributed by atoms with Gasteiger partial charge in [-0.2, -0.15) is 15.2 Å². The molecule has 0 bridgehead atoms. The van der Waals surface area contributed by atoms with Crippen LogP contribution in [0.1, 0.15) is 48.9 Å². The lowest BCUT2D eigenvalue weighted by molar-refractivity contribution is -0.128. The fourth-order valence-electron chi connectivity index (χ4n) is 7.86. The first kappa shape index (κ1) is 31.4. The summed E-state index contributed by atoms with van der Waals surface area (Å²) in [6.45, 7) is 6.56. The second-order valence-corrected chi connectivity index (χ2v) is 13.6. The number of hydrogen-bond donors (Lipinski definition) is 0. The first-order valence-electron chi connectivity index (χ1n) is 17.0. The summed E-state index contributed by atoms with van der Waals surface area (Å²) in [4.78, 5) is 32.4. The molecule has 4 aliphatic rings. The Labute approximate surface area is 277 Å². The molecule has 7 rings (SSSR count). The van der Waals surface area contributed by atoms with Gasteiger partial charge in [0.05, 0.1) is 37.4 Å². The topological polar surface area (TPSA) is 98.1 Å². The number of amides is 1. The minimum atomic E-state index is -0.246. The van der Waals surface area contributed by atoms with Crippen molar-refractivity contribution >= 4 is 28.2 Å². The van der Waals surface area contributed by atoms with Crippen LogP contribution in [0.25, 0.3) is 10.8 Å². The molecule has 0 radical (unpaired) electrons. The van der Waals surface area contributed by atoms with Crippen LogP contribution >= 0.6 is 0 Å². The quantitative estimate of drug-likeness (QED) is 0.312. The zero-order chi connectivity index (χ0) is 32.5. The van der Waals surface area contributed by atoms with Crippen molar-refractivity contribution in [2.45, 2.75) is 69.6 Å². The van der Waals surface area contributed by atoms with Crippen molar-refractivity contribution in [3.63, 3.8) is 0 Å². The molecule has 1 saturated carbocycles. The number of aromatic nitrogens is 2. The number of benzene rings is 2. The second-order valence-electron chi connectivity index (χ2n) is 13.6. The Bertz CT molecular complexity index is 1710. The second kappa shape index (κ2) is 13.1. The van der Waals surface area contributed by atoms with Gasteiger partial charge in [-0.05, 0) is 63.2 Å². The Morgan fingerprint density at radius 1 is 1.13 bits per heavy atom. The first-order chi connectivity index (χ1) is 22.9. The summed E-state index contributed by atoms with van der Waals surface area (Å²) < 4.78 is 11.5. The van der Waals surface area contributed by atoms with Crippen molar-refractivity contribution in [1.29, 1.82) is 5.26 Å². The van der Waals surface area contributed by atoms with Gasteiger partial charge < -0.3 is 29.1 Å². The average molecular weight is 636 g/mol. The number of rotatable bonds is 9. The molecular weight excluding hydrogens is 590 g/mol. The molecule has 4 heterocycles. The normalized spacial score (nSPS) is 22.2. The Kier molecular flexibility index (Phi) is 8.77. The van der Waals surface area contributed by atoms with Crippen LogP contribution in [0.4, 0.5) is 11.5 Å². The van der Waals surface area contributed by atoms with E-state index in [1.165, 1.54) is 34.0 Å². The van der Waals surface area contributed by atoms with Crippen LogP contribution in [0.2, 0.25) is 0 Å². The summed E-state index contributed by atoms with van der Waals surface area (Å²) in [5.41, 5.74) is 4.75. The lowest BCUT2D eigenvalue weighted by Crippen LogP contribution is -2.55. The summed E-state index contributed by atoms with van der Waals surface area (Å²) in [5, 5.41) is 12.3. The maximum absolute atomic E-state index is 13.1. The molecule has 1 aliphatic carbocycles. The van der Waals surface area contributed by atoms with Crippen LogP contribution in [0, 0.1) is 18.3 Å². The summed E-state index contributed by atoms with van der Waals surface area (Å²) in [6.07, 6.45) is 8.91. The largest absolute Gasteiger partial charge is 0.462 e. The highest BCUT2D eigenvalue weighted by Crippen LogP contribution is 2.53. The molecule has 47 heavy (non-hydrogen) atoms. The van der Waals surface area contributed by atoms with Gasteiger partial charge in [-0.25, -0.2) is 0 Å². The standard InChI is InChI=1S/C37H45N7O3/c1-26-8-4-9-27-10-5-12-32(34(26)27)44-24-31-30(22-37(44)15-16-37)35(40-36(39-31)47-25-29-11-6-18-41(29)2)42-19-20-43(28(23-42)14-17-38)33(45)13-7-21-46-3/h4-5,7-10,12-13,28-29H,6,11,14-16,18-25H2,1-3H3/b13-7+/t28-,29-/m0/s1. The van der Waals surface area contributed by atoms with Gasteiger partial charge in [0.2, 0.25) is 5.91 Å². The zero-order valence-electron chi connectivity index (χ0n) is 27.8. The van der Waals surface area contributed by atoms with Crippen molar-refractivity contribution < 1.29 is 14.3 Å². The van der Waals surface area contributed by atoms with E-state index < -0.39 is 0 Å². The van der Waals surface area contributed by atoms with Gasteiger partial charge in [0, 0.05) is 67.5 Å². The number of carbonyl (C=O) groups excluding carboxylic acids is 1. The highest BCUT2D eigenvalue weighted by atomic mass is 16.5. The van der Waals surface area contributed by atoms with Crippen molar-refractivity contribution in [2.75, 3.05) is 63.4 Å². The predicted octanol–water partition coefficient (Wildman–Crippen LogP) is 4.64. The molecule has 1 spiro atoms. The molecule has 1 aromatic heterocycles. The van der Waals surface area contributed by atoms with Crippen molar-refractivity contribution in [1.82, 2.24) is 19.8 Å². The highest BCUT2D eigenvalue weighted by molar-refractivity contribution is 5.97. The number of likely N-dealkylation sites (N-methyl/N-ethyl adjacent to an activating group) is 1. The number of anilines is 2. The Morgan fingerprint density at radius 2 is 1.96 bits per heavy atom. The lowest BCUT2D eigenvalue weighted by Gasteiger charge is -2.44. The van der Waals surface area contributed by atoms with Crippen LogP contribution in [0.3, 0.4) is 0 Å². The number of aryl methyl sites for hydroxylation is 1. The summed E-state index contributed by atoms with van der Waals surface area (Å²) in [5.74, 6) is 0.809. The van der Waals surface area contributed by atoms with E-state index >= 15 is 0 Å². The molecule has 0 unspecified atom stereocenters. The molecule has 246 valence electrons. The molecule has 10 heteroatoms. The number of carbonyl (C=O) groups is 1. The third kappa shape index (κ3) is 6.15. The summed E-state index contributed by atoms with van der Waals surface area (Å²) in [7, 11) is 3.76. The van der Waals surface area contributed by atoms with E-state index in [2.05, 4.69) is 71.1 Å². The Hall–Kier alpha value is -4.20. The SMILES string of the molecule is COC/C=C/C(=O)N1CCN(c2nc(OC[C@@H]3CCCN3C)nc3c2CC2(CC2)N(c2cccc4cccc(C)c24)C3)C[C@@H]1CC#N. The average Bonchev–Trinajstić information content (AvgIpc) is 3.72. The number of hydrogen-bond acceptors (Lipinski definition) is 9. The zero-order valence-corrected chi connectivity index (χ0v) is 27.8. The predicted molar refractivity (Wildman–Crippen MR) is 183 cm³/mol. The third-order valence-corrected chi connectivity index (χ3v) is 10.6. The summed E-state index contributed by atoms with van der Waals surface area (Å²) >= 11 is 0. The molecule has 2 aromatic carbocycles. The van der Waals surface area contributed by atoms with Crippen LogP contribution in [0.5, 0.6) is 6.01 Å². The van der Waals surface area contributed by atoms with Gasteiger partial charge in [0.1, 0.15) is 12.4 Å². The van der Waals surface area contributed by atoms with Crippen molar-refractivity contribution in [3.05, 3.63) is 65.4 Å². The van der Waals surface area contributed by atoms with E-state index in [1.54, 1.807) is 19.3 Å². The number of nitrogens with zero attached hydrogens (tertiary/aromatic N) is 7. The Balaban J connectivity index is 1.24. The van der Waals surface area contributed by atoms with Gasteiger partial charge in [0.25, 0.3) is 0 Å². The highest BCUT2D eigenvalue weighted by Gasteiger charge is 2.52. The number of nitriles is 1. The smallest absolute Gasteiger partial charge is 0.318 e. The minimum absolute atomic E-state index is 0.0204. The monoisotopic (exact) mass is 635 g/mol. The van der Waals surface area contributed by atoms with Gasteiger partial charge in [-0.15, -0.1) is 0 Å². The molecule has 3 fully saturated rings. The van der Waals surface area contributed by atoms with Gasteiger partial charge >= 0.3 is 6.01 Å². The van der Waals surface area contributed by atoms with Crippen molar-refractivity contribution in [3.8, 4) is 12.1 Å². The molecule has 1 amide bonds. The van der Waals surface area contributed by atoms with Gasteiger partial charge in [-0.3, -0.25) is 4.79 Å². The van der Waals surface area contributed by atoms with Crippen LogP contribution in [-0.2, 0) is 22.5 Å². The lowest BCUT2D eigenvalue weighted by atomic mass is 9.92. The van der Waals surface area contributed by atoms with E-state index in [0.29, 0.717) is 51.4 Å². The first-order valence-corrected chi connectivity index (χ1v) is 17.0. The van der Waals surface area contributed by atoms with Crippen molar-refractivity contribution in [2.24, 2.45) is 0 Å². The van der Waals surface area contributed by atoms with E-state index in [1.807, 2.05) is 4.90 Å². The molecular formula is C37H45N7O3. The molecule has 2 atom stereocenters. The van der Waals surface area contributed by atoms with E-state index in [4.69, 9.17) is 19.4 Å². The Morgan fingerprint density at radius 3 is 2.70 bits per heavy atom. The van der Waals surface area contributed by atoms with Crippen LogP contribution in [0.15, 0.2) is 48.6 Å². The van der Waals surface area contributed by atoms with Gasteiger partial charge in [0.15, 0.2) is 0 Å². The maximum Gasteiger partial charge on any atom is 0.318 e. The van der Waals surface area contributed by atoms with E-state index in [0.717, 1.165) is 43.7 Å². The number of ether oxygens (including phenoxy) is 2. The van der Waals surface area contributed by atoms with Gasteiger partial charge in [-0.1, -0.05) is 36.4 Å². The fraction of sp³-hybridized carbons (Fsp3) is 0.514. The number of piperazine rings is 1. The number of fused-ring (bicyclic) bond motifs is 2. The molecule has 3 aromatic rings. The molecule has 2 saturated heterocycles. The number of likely N-dealkylation sites (tertiary alicyclic amines) is 1. The molecule has 3 aliphatic heterocycles. The number of methoxy groups -OCH3 is 1. The van der Waals surface area contributed by atoms with Crippen LogP contribution < -0.4 is 14.5 Å². The summed E-state index contributed by atoms with van der Waals surface area (Å²) in [6, 6.07) is 16.0. The third-order valence-electron chi connectivity index (χ3n) is 10.6. The maximum atomic E-state index is 13.1.